The molecule has 0 fully saturated rings. The molecule has 2 aromatic carbocycles. The van der Waals surface area contributed by atoms with E-state index in [2.05, 4.69) is 38.8 Å². The number of fused-ring (bicyclic) bond motifs is 1. The number of nitrogens with zero attached hydrogens (tertiary/aromatic N) is 1. The summed E-state index contributed by atoms with van der Waals surface area (Å²) in [6.45, 7) is 11.3. The second kappa shape index (κ2) is 7.03. The SMILES string of the molecule is CC(C)(C)[Si](C)(C)Cc1cc(-c2ccccc2)nc2ccc(C(F)(F)F)cc12. The van der Waals surface area contributed by atoms with Gasteiger partial charge in [-0.2, -0.15) is 13.2 Å². The van der Waals surface area contributed by atoms with E-state index in [1.54, 1.807) is 0 Å². The largest absolute Gasteiger partial charge is 0.416 e. The van der Waals surface area contributed by atoms with Crippen LogP contribution >= 0.6 is 0 Å². The van der Waals surface area contributed by atoms with Crippen LogP contribution in [0.1, 0.15) is 31.9 Å². The average molecular weight is 402 g/mol. The minimum atomic E-state index is -4.36. The van der Waals surface area contributed by atoms with Crippen LogP contribution in [0.5, 0.6) is 0 Å². The predicted molar refractivity (Wildman–Crippen MR) is 113 cm³/mol. The summed E-state index contributed by atoms with van der Waals surface area (Å²) < 4.78 is 39.9. The van der Waals surface area contributed by atoms with E-state index in [9.17, 15) is 13.2 Å². The normalized spacial score (nSPS) is 13.1. The molecule has 5 heteroatoms. The van der Waals surface area contributed by atoms with E-state index in [1.807, 2.05) is 36.4 Å². The Bertz CT molecular complexity index is 986. The van der Waals surface area contributed by atoms with E-state index >= 15 is 0 Å². The van der Waals surface area contributed by atoms with Crippen molar-refractivity contribution in [2.45, 2.75) is 51.1 Å². The molecule has 148 valence electrons. The highest BCUT2D eigenvalue weighted by atomic mass is 28.3. The first-order chi connectivity index (χ1) is 12.9. The van der Waals surface area contributed by atoms with Crippen molar-refractivity contribution in [2.75, 3.05) is 0 Å². The van der Waals surface area contributed by atoms with E-state index in [1.165, 1.54) is 12.1 Å². The molecule has 3 aromatic rings. The molecule has 0 aliphatic rings. The summed E-state index contributed by atoms with van der Waals surface area (Å²) in [5.74, 6) is 0. The lowest BCUT2D eigenvalue weighted by atomic mass is 10.0. The molecule has 0 aliphatic heterocycles. The maximum atomic E-state index is 13.3. The van der Waals surface area contributed by atoms with Crippen molar-refractivity contribution in [1.82, 2.24) is 4.98 Å². The summed E-state index contributed by atoms with van der Waals surface area (Å²) in [5.41, 5.74) is 2.73. The minimum absolute atomic E-state index is 0.136. The molecule has 1 nitrogen and oxygen atoms in total. The fraction of sp³-hybridized carbons (Fsp3) is 0.348. The second-order valence-electron chi connectivity index (χ2n) is 9.07. The van der Waals surface area contributed by atoms with Gasteiger partial charge >= 0.3 is 6.18 Å². The molecule has 0 unspecified atom stereocenters. The summed E-state index contributed by atoms with van der Waals surface area (Å²) in [7, 11) is -1.76. The van der Waals surface area contributed by atoms with Gasteiger partial charge in [0.15, 0.2) is 0 Å². The molecule has 3 rings (SSSR count). The average Bonchev–Trinajstić information content (AvgIpc) is 2.60. The number of hydrogen-bond acceptors (Lipinski definition) is 1. The fourth-order valence-electron chi connectivity index (χ4n) is 3.12. The van der Waals surface area contributed by atoms with Crippen LogP contribution in [0.2, 0.25) is 18.1 Å². The quantitative estimate of drug-likeness (QED) is 0.414. The standard InChI is InChI=1S/C23H26F3NSi/c1-22(2,3)28(4,5)15-17-13-21(16-9-7-6-8-10-16)27-20-12-11-18(14-19(17)20)23(24,25)26/h6-14H,15H2,1-5H3. The highest BCUT2D eigenvalue weighted by Crippen LogP contribution is 2.40. The van der Waals surface area contributed by atoms with Crippen molar-refractivity contribution >= 4 is 19.0 Å². The van der Waals surface area contributed by atoms with Gasteiger partial charge in [0.1, 0.15) is 0 Å². The Morgan fingerprint density at radius 3 is 2.11 bits per heavy atom. The molecule has 0 saturated carbocycles. The third kappa shape index (κ3) is 4.14. The summed E-state index contributed by atoms with van der Waals surface area (Å²) in [4.78, 5) is 4.67. The van der Waals surface area contributed by atoms with Crippen LogP contribution in [0.25, 0.3) is 22.2 Å². The van der Waals surface area contributed by atoms with Crippen LogP contribution in [0.4, 0.5) is 13.2 Å². The van der Waals surface area contributed by atoms with E-state index < -0.39 is 19.8 Å². The van der Waals surface area contributed by atoms with Gasteiger partial charge in [-0.15, -0.1) is 0 Å². The Labute approximate surface area is 165 Å². The van der Waals surface area contributed by atoms with Crippen molar-refractivity contribution in [3.8, 4) is 11.3 Å². The highest BCUT2D eigenvalue weighted by molar-refractivity contribution is 6.79. The highest BCUT2D eigenvalue weighted by Gasteiger charge is 2.36. The van der Waals surface area contributed by atoms with Gasteiger partial charge in [-0.25, -0.2) is 4.98 Å². The first-order valence-electron chi connectivity index (χ1n) is 9.45. The van der Waals surface area contributed by atoms with Crippen LogP contribution in [0.15, 0.2) is 54.6 Å². The Hall–Kier alpha value is -2.14. The van der Waals surface area contributed by atoms with E-state index in [0.29, 0.717) is 10.9 Å². The maximum absolute atomic E-state index is 13.3. The van der Waals surface area contributed by atoms with Gasteiger partial charge in [0.25, 0.3) is 0 Å². The van der Waals surface area contributed by atoms with Gasteiger partial charge in [0, 0.05) is 10.9 Å². The summed E-state index contributed by atoms with van der Waals surface area (Å²) in [5, 5.41) is 0.747. The van der Waals surface area contributed by atoms with Crippen molar-refractivity contribution in [2.24, 2.45) is 0 Å². The molecule has 0 atom stereocenters. The van der Waals surface area contributed by atoms with Crippen molar-refractivity contribution in [3.05, 3.63) is 65.7 Å². The first kappa shape index (κ1) is 20.6. The van der Waals surface area contributed by atoms with Crippen molar-refractivity contribution < 1.29 is 13.2 Å². The third-order valence-electron chi connectivity index (χ3n) is 5.95. The predicted octanol–water partition coefficient (Wildman–Crippen LogP) is 7.51. The number of hydrogen-bond donors (Lipinski definition) is 0. The summed E-state index contributed by atoms with van der Waals surface area (Å²) in [6.07, 6.45) is -4.36. The zero-order valence-corrected chi connectivity index (χ0v) is 18.0. The molecule has 28 heavy (non-hydrogen) atoms. The van der Waals surface area contributed by atoms with Gasteiger partial charge in [-0.3, -0.25) is 0 Å². The minimum Gasteiger partial charge on any atom is -0.248 e. The van der Waals surface area contributed by atoms with E-state index in [0.717, 1.165) is 28.9 Å². The lowest BCUT2D eigenvalue weighted by Gasteiger charge is -2.37. The lowest BCUT2D eigenvalue weighted by Crippen LogP contribution is -2.40. The van der Waals surface area contributed by atoms with Crippen LogP contribution < -0.4 is 0 Å². The molecular formula is C23H26F3NSi. The zero-order chi connectivity index (χ0) is 20.7. The van der Waals surface area contributed by atoms with Gasteiger partial charge < -0.3 is 0 Å². The van der Waals surface area contributed by atoms with E-state index in [4.69, 9.17) is 0 Å². The van der Waals surface area contributed by atoms with Crippen molar-refractivity contribution in [1.29, 1.82) is 0 Å². The Morgan fingerprint density at radius 2 is 1.54 bits per heavy atom. The van der Waals surface area contributed by atoms with Gasteiger partial charge in [-0.05, 0) is 40.9 Å². The van der Waals surface area contributed by atoms with Crippen LogP contribution in [-0.2, 0) is 12.2 Å². The lowest BCUT2D eigenvalue weighted by molar-refractivity contribution is -0.137. The number of pyridine rings is 1. The smallest absolute Gasteiger partial charge is 0.248 e. The molecule has 0 N–H and O–H groups in total. The van der Waals surface area contributed by atoms with Crippen LogP contribution in [0.3, 0.4) is 0 Å². The molecule has 0 radical (unpaired) electrons. The molecule has 1 aromatic heterocycles. The van der Waals surface area contributed by atoms with E-state index in [-0.39, 0.29) is 5.04 Å². The monoisotopic (exact) mass is 401 g/mol. The summed E-state index contributed by atoms with van der Waals surface area (Å²) in [6, 6.07) is 16.5. The number of rotatable bonds is 3. The topological polar surface area (TPSA) is 12.9 Å². The van der Waals surface area contributed by atoms with Gasteiger partial charge in [-0.1, -0.05) is 64.2 Å². The zero-order valence-electron chi connectivity index (χ0n) is 17.0. The molecule has 0 saturated heterocycles. The number of aromatic nitrogens is 1. The molecular weight excluding hydrogens is 375 g/mol. The third-order valence-corrected chi connectivity index (χ3v) is 11.3. The number of alkyl halides is 3. The molecule has 0 bridgehead atoms. The van der Waals surface area contributed by atoms with Crippen LogP contribution in [0, 0.1) is 0 Å². The molecule has 0 aliphatic carbocycles. The Kier molecular flexibility index (Phi) is 5.17. The van der Waals surface area contributed by atoms with Crippen LogP contribution in [-0.4, -0.2) is 13.1 Å². The Morgan fingerprint density at radius 1 is 0.893 bits per heavy atom. The second-order valence-corrected chi connectivity index (χ2v) is 14.7. The maximum Gasteiger partial charge on any atom is 0.416 e. The molecule has 0 amide bonds. The Balaban J connectivity index is 2.24. The number of halogens is 3. The van der Waals surface area contributed by atoms with Gasteiger partial charge in [0.2, 0.25) is 0 Å². The summed E-state index contributed by atoms with van der Waals surface area (Å²) >= 11 is 0. The number of benzene rings is 2. The molecule has 1 heterocycles. The fourth-order valence-corrected chi connectivity index (χ4v) is 4.89. The van der Waals surface area contributed by atoms with Crippen molar-refractivity contribution in [3.63, 3.8) is 0 Å². The van der Waals surface area contributed by atoms with Gasteiger partial charge in [0.05, 0.1) is 24.8 Å². The first-order valence-corrected chi connectivity index (χ1v) is 12.7. The molecule has 0 spiro atoms.